The number of aromatic hydroxyl groups is 1. The van der Waals surface area contributed by atoms with Gasteiger partial charge in [0.15, 0.2) is 6.29 Å². The number of benzene rings is 1. The Morgan fingerprint density at radius 2 is 2.04 bits per heavy atom. The first-order chi connectivity index (χ1) is 12.3. The topological polar surface area (TPSA) is 113 Å². The molecule has 1 aromatic carbocycles. The zero-order chi connectivity index (χ0) is 18.9. The van der Waals surface area contributed by atoms with Crippen LogP contribution >= 0.6 is 0 Å². The maximum atomic E-state index is 12.1. The van der Waals surface area contributed by atoms with E-state index in [1.54, 1.807) is 12.1 Å². The van der Waals surface area contributed by atoms with Crippen LogP contribution in [0.15, 0.2) is 42.5 Å². The summed E-state index contributed by atoms with van der Waals surface area (Å²) in [4.78, 5) is 23.2. The normalized spacial score (nSPS) is 33.2. The Bertz CT molecular complexity index is 739. The second-order valence-electron chi connectivity index (χ2n) is 6.60. The highest BCUT2D eigenvalue weighted by molar-refractivity contribution is 5.87. The Morgan fingerprint density at radius 1 is 1.35 bits per heavy atom. The number of carbonyl (C=O) groups is 2. The van der Waals surface area contributed by atoms with Crippen LogP contribution in [0.1, 0.15) is 12.0 Å². The van der Waals surface area contributed by atoms with Crippen LogP contribution < -0.4 is 0 Å². The van der Waals surface area contributed by atoms with Gasteiger partial charge in [-0.3, -0.25) is 4.79 Å². The lowest BCUT2D eigenvalue weighted by molar-refractivity contribution is -0.157. The molecule has 0 radical (unpaired) electrons. The number of allylic oxidation sites excluding steroid dienone is 1. The number of aldehydes is 1. The van der Waals surface area contributed by atoms with Crippen LogP contribution in [0.5, 0.6) is 5.75 Å². The molecule has 5 atom stereocenters. The highest BCUT2D eigenvalue weighted by Gasteiger charge is 2.63. The number of hydrogen-bond acceptors (Lipinski definition) is 7. The summed E-state index contributed by atoms with van der Waals surface area (Å²) in [6, 6.07) is 6.23. The summed E-state index contributed by atoms with van der Waals surface area (Å²) in [5.74, 6) is -1.87. The SMILES string of the molecule is C=C(C=O)C1CC(OC(=O)C=Cc2ccc(O)cc2)C2(O)COC(O)C12. The monoisotopic (exact) mass is 360 g/mol. The predicted molar refractivity (Wildman–Crippen MR) is 90.7 cm³/mol. The third kappa shape index (κ3) is 3.29. The fourth-order valence-corrected chi connectivity index (χ4v) is 3.65. The molecule has 138 valence electrons. The second-order valence-corrected chi connectivity index (χ2v) is 6.60. The number of carbonyl (C=O) groups excluding carboxylic acids is 2. The first-order valence-electron chi connectivity index (χ1n) is 8.19. The van der Waals surface area contributed by atoms with Crippen LogP contribution in [-0.2, 0) is 19.1 Å². The van der Waals surface area contributed by atoms with E-state index in [-0.39, 0.29) is 24.4 Å². The lowest BCUT2D eigenvalue weighted by Crippen LogP contribution is -2.46. The molecule has 1 aliphatic heterocycles. The number of ether oxygens (including phenoxy) is 2. The molecule has 2 aliphatic rings. The van der Waals surface area contributed by atoms with Crippen molar-refractivity contribution in [2.45, 2.75) is 24.4 Å². The number of fused-ring (bicyclic) bond motifs is 1. The smallest absolute Gasteiger partial charge is 0.331 e. The third-order valence-corrected chi connectivity index (χ3v) is 5.02. The molecular weight excluding hydrogens is 340 g/mol. The predicted octanol–water partition coefficient (Wildman–Crippen LogP) is 0.788. The lowest BCUT2D eigenvalue weighted by atomic mass is 9.84. The first-order valence-corrected chi connectivity index (χ1v) is 8.19. The molecule has 1 saturated carbocycles. The highest BCUT2D eigenvalue weighted by atomic mass is 16.6. The number of rotatable bonds is 5. The summed E-state index contributed by atoms with van der Waals surface area (Å²) in [5, 5.41) is 30.1. The molecule has 3 rings (SSSR count). The van der Waals surface area contributed by atoms with Gasteiger partial charge in [0.25, 0.3) is 0 Å². The van der Waals surface area contributed by atoms with Gasteiger partial charge in [0, 0.05) is 12.0 Å². The lowest BCUT2D eigenvalue weighted by Gasteiger charge is -2.28. The molecule has 3 N–H and O–H groups in total. The van der Waals surface area contributed by atoms with Gasteiger partial charge < -0.3 is 24.8 Å². The number of esters is 1. The molecule has 1 saturated heterocycles. The molecule has 1 aromatic rings. The van der Waals surface area contributed by atoms with Crippen molar-refractivity contribution < 1.29 is 34.4 Å². The Kier molecular flexibility index (Phi) is 4.95. The van der Waals surface area contributed by atoms with Crippen molar-refractivity contribution in [3.05, 3.63) is 48.1 Å². The fraction of sp³-hybridized carbons (Fsp3) is 0.368. The van der Waals surface area contributed by atoms with E-state index in [1.165, 1.54) is 24.3 Å². The van der Waals surface area contributed by atoms with E-state index in [4.69, 9.17) is 9.47 Å². The summed E-state index contributed by atoms with van der Waals surface area (Å²) in [7, 11) is 0. The van der Waals surface area contributed by atoms with Crippen LogP contribution in [0.4, 0.5) is 0 Å². The Labute approximate surface area is 150 Å². The molecule has 1 heterocycles. The van der Waals surface area contributed by atoms with Crippen molar-refractivity contribution in [3.8, 4) is 5.75 Å². The molecule has 0 amide bonds. The van der Waals surface area contributed by atoms with Gasteiger partial charge in [0.2, 0.25) is 0 Å². The summed E-state index contributed by atoms with van der Waals surface area (Å²) in [6.45, 7) is 3.46. The quantitative estimate of drug-likeness (QED) is 0.404. The average molecular weight is 360 g/mol. The van der Waals surface area contributed by atoms with Gasteiger partial charge in [0.1, 0.15) is 23.7 Å². The highest BCUT2D eigenvalue weighted by Crippen LogP contribution is 2.50. The summed E-state index contributed by atoms with van der Waals surface area (Å²) in [5.41, 5.74) is -0.663. The van der Waals surface area contributed by atoms with Gasteiger partial charge in [0.05, 0.1) is 12.5 Å². The minimum atomic E-state index is -1.57. The molecule has 0 bridgehead atoms. The van der Waals surface area contributed by atoms with Crippen molar-refractivity contribution in [2.75, 3.05) is 6.61 Å². The average Bonchev–Trinajstić information content (AvgIpc) is 3.08. The van der Waals surface area contributed by atoms with E-state index < -0.39 is 35.8 Å². The molecule has 0 aromatic heterocycles. The Hall–Kier alpha value is -2.48. The zero-order valence-corrected chi connectivity index (χ0v) is 13.9. The van der Waals surface area contributed by atoms with E-state index in [0.717, 1.165) is 0 Å². The van der Waals surface area contributed by atoms with Crippen LogP contribution in [0.25, 0.3) is 6.08 Å². The van der Waals surface area contributed by atoms with Crippen LogP contribution in [0.3, 0.4) is 0 Å². The zero-order valence-electron chi connectivity index (χ0n) is 13.9. The molecule has 7 heteroatoms. The molecule has 5 unspecified atom stereocenters. The van der Waals surface area contributed by atoms with Crippen molar-refractivity contribution in [1.82, 2.24) is 0 Å². The van der Waals surface area contributed by atoms with Gasteiger partial charge in [-0.1, -0.05) is 18.7 Å². The van der Waals surface area contributed by atoms with Gasteiger partial charge in [-0.15, -0.1) is 0 Å². The number of phenols is 1. The van der Waals surface area contributed by atoms with Gasteiger partial charge in [-0.25, -0.2) is 4.79 Å². The number of hydrogen-bond donors (Lipinski definition) is 3. The van der Waals surface area contributed by atoms with Crippen LogP contribution in [0, 0.1) is 11.8 Å². The van der Waals surface area contributed by atoms with Crippen LogP contribution in [-0.4, -0.2) is 52.2 Å². The Balaban J connectivity index is 1.72. The maximum Gasteiger partial charge on any atom is 0.331 e. The van der Waals surface area contributed by atoms with Crippen molar-refractivity contribution in [1.29, 1.82) is 0 Å². The van der Waals surface area contributed by atoms with Crippen LogP contribution in [0.2, 0.25) is 0 Å². The van der Waals surface area contributed by atoms with E-state index >= 15 is 0 Å². The van der Waals surface area contributed by atoms with Crippen molar-refractivity contribution in [2.24, 2.45) is 11.8 Å². The number of phenolic OH excluding ortho intramolecular Hbond substituents is 1. The summed E-state index contributed by atoms with van der Waals surface area (Å²) < 4.78 is 10.5. The molecule has 2 fully saturated rings. The summed E-state index contributed by atoms with van der Waals surface area (Å²) in [6.07, 6.45) is 1.29. The molecule has 26 heavy (non-hydrogen) atoms. The minimum Gasteiger partial charge on any atom is -0.508 e. The molecular formula is C19H20O7. The Morgan fingerprint density at radius 3 is 2.69 bits per heavy atom. The fourth-order valence-electron chi connectivity index (χ4n) is 3.65. The van der Waals surface area contributed by atoms with Crippen molar-refractivity contribution in [3.63, 3.8) is 0 Å². The number of aliphatic hydroxyl groups is 2. The summed E-state index contributed by atoms with van der Waals surface area (Å²) >= 11 is 0. The van der Waals surface area contributed by atoms with E-state index in [2.05, 4.69) is 6.58 Å². The van der Waals surface area contributed by atoms with Crippen molar-refractivity contribution >= 4 is 18.3 Å². The van der Waals surface area contributed by atoms with Gasteiger partial charge in [-0.05, 0) is 35.8 Å². The third-order valence-electron chi connectivity index (χ3n) is 5.02. The maximum absolute atomic E-state index is 12.1. The largest absolute Gasteiger partial charge is 0.508 e. The molecule has 0 spiro atoms. The minimum absolute atomic E-state index is 0.116. The van der Waals surface area contributed by atoms with E-state index in [9.17, 15) is 24.9 Å². The number of aliphatic hydroxyl groups excluding tert-OH is 1. The molecule has 7 nitrogen and oxygen atoms in total. The van der Waals surface area contributed by atoms with Gasteiger partial charge in [-0.2, -0.15) is 0 Å². The second kappa shape index (κ2) is 7.03. The van der Waals surface area contributed by atoms with Gasteiger partial charge >= 0.3 is 5.97 Å². The molecule has 1 aliphatic carbocycles. The van der Waals surface area contributed by atoms with E-state index in [0.29, 0.717) is 11.8 Å². The standard InChI is InChI=1S/C19H20O7/c1-11(9-20)14-8-15(19(24)10-25-18(23)17(14)19)26-16(22)7-4-12-2-5-13(21)6-3-12/h2-7,9,14-15,17-18,21,23-24H,1,8,10H2. The van der Waals surface area contributed by atoms with E-state index in [1.807, 2.05) is 0 Å². The first kappa shape index (κ1) is 18.3.